The van der Waals surface area contributed by atoms with E-state index in [0.29, 0.717) is 0 Å². The fraction of sp³-hybridized carbons (Fsp3) is 0.0769. The Morgan fingerprint density at radius 2 is 1.13 bits per heavy atom. The van der Waals surface area contributed by atoms with E-state index in [1.165, 1.54) is 54.6 Å². The summed E-state index contributed by atoms with van der Waals surface area (Å²) in [5, 5.41) is 7.41. The average molecular weight is 464 g/mol. The first-order chi connectivity index (χ1) is 14.5. The van der Waals surface area contributed by atoms with Gasteiger partial charge in [0.05, 0.1) is 0 Å². The van der Waals surface area contributed by atoms with Crippen LogP contribution in [0.1, 0.15) is 27.8 Å². The number of halogens is 3. The van der Waals surface area contributed by atoms with Crippen LogP contribution in [0.15, 0.2) is 84.9 Å². The highest BCUT2D eigenvalue weighted by atomic mass is 35.8. The molecular weight excluding hydrogens is 447 g/mol. The summed E-state index contributed by atoms with van der Waals surface area (Å²) in [5.41, 5.74) is 4.72. The maximum Gasteiger partial charge on any atom is 0.352 e. The van der Waals surface area contributed by atoms with Crippen molar-refractivity contribution < 1.29 is 0 Å². The molecule has 0 heterocycles. The Morgan fingerprint density at radius 1 is 0.567 bits per heavy atom. The second-order valence-electron chi connectivity index (χ2n) is 8.11. The summed E-state index contributed by atoms with van der Waals surface area (Å²) in [6, 6.07) is 27.3. The number of rotatable bonds is 1. The summed E-state index contributed by atoms with van der Waals surface area (Å²) >= 11 is 20.2. The first-order valence-electron chi connectivity index (χ1n) is 10.0. The Kier molecular flexibility index (Phi) is 4.20. The average Bonchev–Trinajstić information content (AvgIpc) is 2.74. The van der Waals surface area contributed by atoms with E-state index < -0.39 is 6.00 Å². The molecule has 1 unspecified atom stereocenters. The third-order valence-electron chi connectivity index (χ3n) is 6.34. The molecular formula is C26H17Cl3Si. The molecule has 0 nitrogen and oxygen atoms in total. The SMILES string of the molecule is Cl[Si](Cl)(Cl)C1c2cc3ccccc3cc2Cc2cc3c(ccc4ccccc43)cc21. The maximum absolute atomic E-state index is 6.73. The Morgan fingerprint density at radius 3 is 1.87 bits per heavy atom. The van der Waals surface area contributed by atoms with Gasteiger partial charge in [-0.1, -0.05) is 78.9 Å². The molecule has 0 fully saturated rings. The first-order valence-corrected chi connectivity index (χ1v) is 15.1. The molecule has 6 rings (SSSR count). The fourth-order valence-corrected chi connectivity index (χ4v) is 8.35. The van der Waals surface area contributed by atoms with Crippen molar-refractivity contribution in [3.8, 4) is 0 Å². The van der Waals surface area contributed by atoms with E-state index in [0.717, 1.165) is 6.42 Å². The minimum Gasteiger partial charge on any atom is -0.125 e. The minimum atomic E-state index is -3.07. The van der Waals surface area contributed by atoms with Crippen molar-refractivity contribution in [3.63, 3.8) is 0 Å². The Labute approximate surface area is 190 Å². The van der Waals surface area contributed by atoms with Crippen molar-refractivity contribution in [1.29, 1.82) is 0 Å². The Bertz CT molecular complexity index is 1470. The number of benzene rings is 5. The van der Waals surface area contributed by atoms with E-state index in [9.17, 15) is 0 Å². The third kappa shape index (κ3) is 2.88. The van der Waals surface area contributed by atoms with Crippen LogP contribution in [0.2, 0.25) is 0 Å². The molecule has 1 atom stereocenters. The molecule has 4 heteroatoms. The van der Waals surface area contributed by atoms with Crippen LogP contribution in [0.5, 0.6) is 0 Å². The van der Waals surface area contributed by atoms with Crippen LogP contribution in [0.4, 0.5) is 0 Å². The Hall–Kier alpha value is -2.03. The summed E-state index contributed by atoms with van der Waals surface area (Å²) in [7, 11) is 0. The van der Waals surface area contributed by atoms with Crippen LogP contribution in [-0.4, -0.2) is 6.00 Å². The van der Waals surface area contributed by atoms with Gasteiger partial charge in [-0.2, -0.15) is 0 Å². The highest BCUT2D eigenvalue weighted by Gasteiger charge is 2.43. The standard InChI is InChI=1S/C26H17Cl3Si/c27-30(28,29)26-24-13-18-7-2-1-6-17(18)11-20(24)12-21-15-23-19(14-25(21)26)10-9-16-5-3-4-8-22(16)23/h1-11,13-15,26H,12H2. The van der Waals surface area contributed by atoms with E-state index in [4.69, 9.17) is 33.2 Å². The summed E-state index contributed by atoms with van der Waals surface area (Å²) in [5.74, 6) is 0. The van der Waals surface area contributed by atoms with Gasteiger partial charge < -0.3 is 0 Å². The second-order valence-corrected chi connectivity index (χ2v) is 16.9. The zero-order chi connectivity index (χ0) is 20.5. The molecule has 30 heavy (non-hydrogen) atoms. The lowest BCUT2D eigenvalue weighted by atomic mass is 9.82. The molecule has 0 saturated heterocycles. The largest absolute Gasteiger partial charge is 0.352 e. The molecule has 0 radical (unpaired) electrons. The zero-order valence-corrected chi connectivity index (χ0v) is 19.3. The van der Waals surface area contributed by atoms with E-state index >= 15 is 0 Å². The molecule has 0 bridgehead atoms. The van der Waals surface area contributed by atoms with Crippen molar-refractivity contribution in [2.24, 2.45) is 0 Å². The summed E-state index contributed by atoms with van der Waals surface area (Å²) in [6.45, 7) is 0. The predicted molar refractivity (Wildman–Crippen MR) is 133 cm³/mol. The van der Waals surface area contributed by atoms with Crippen LogP contribution in [0.25, 0.3) is 32.3 Å². The lowest BCUT2D eigenvalue weighted by Crippen LogP contribution is -2.29. The van der Waals surface area contributed by atoms with Crippen molar-refractivity contribution >= 4 is 71.6 Å². The molecule has 1 aliphatic carbocycles. The zero-order valence-electron chi connectivity index (χ0n) is 16.0. The van der Waals surface area contributed by atoms with Crippen LogP contribution >= 0.6 is 33.2 Å². The molecule has 5 aromatic carbocycles. The van der Waals surface area contributed by atoms with Crippen LogP contribution in [0, 0.1) is 0 Å². The van der Waals surface area contributed by atoms with Gasteiger partial charge in [-0.05, 0) is 67.1 Å². The van der Waals surface area contributed by atoms with Gasteiger partial charge in [0.1, 0.15) is 0 Å². The smallest absolute Gasteiger partial charge is 0.125 e. The van der Waals surface area contributed by atoms with Gasteiger partial charge in [0, 0.05) is 5.54 Å². The van der Waals surface area contributed by atoms with Gasteiger partial charge in [0.2, 0.25) is 0 Å². The normalized spacial score (nSPS) is 16.0. The topological polar surface area (TPSA) is 0 Å². The quantitative estimate of drug-likeness (QED) is 0.133. The maximum atomic E-state index is 6.73. The minimum absolute atomic E-state index is 0.165. The van der Waals surface area contributed by atoms with E-state index in [1.54, 1.807) is 0 Å². The molecule has 0 spiro atoms. The lowest BCUT2D eigenvalue weighted by molar-refractivity contribution is 0.977. The van der Waals surface area contributed by atoms with E-state index in [2.05, 4.69) is 84.9 Å². The summed E-state index contributed by atoms with van der Waals surface area (Å²) in [6.07, 6.45) is 0.861. The molecule has 0 aromatic heterocycles. The first kappa shape index (κ1) is 18.7. The highest BCUT2D eigenvalue weighted by molar-refractivity contribution is 7.65. The van der Waals surface area contributed by atoms with Gasteiger partial charge in [-0.25, -0.2) is 0 Å². The van der Waals surface area contributed by atoms with E-state index in [1.807, 2.05) is 0 Å². The second kappa shape index (κ2) is 6.73. The fourth-order valence-electron chi connectivity index (χ4n) is 4.99. The Balaban J connectivity index is 1.67. The van der Waals surface area contributed by atoms with Gasteiger partial charge in [0.15, 0.2) is 0 Å². The lowest BCUT2D eigenvalue weighted by Gasteiger charge is -2.32. The number of hydrogen-bond donors (Lipinski definition) is 0. The number of fused-ring (bicyclic) bond motifs is 6. The van der Waals surface area contributed by atoms with Crippen molar-refractivity contribution in [2.75, 3.05) is 0 Å². The molecule has 5 aromatic rings. The molecule has 0 amide bonds. The van der Waals surface area contributed by atoms with E-state index in [-0.39, 0.29) is 5.54 Å². The van der Waals surface area contributed by atoms with Gasteiger partial charge in [-0.3, -0.25) is 0 Å². The predicted octanol–water partition coefficient (Wildman–Crippen LogP) is 8.38. The van der Waals surface area contributed by atoms with Gasteiger partial charge in [-0.15, -0.1) is 33.2 Å². The molecule has 0 saturated carbocycles. The number of hydrogen-bond acceptors (Lipinski definition) is 0. The monoisotopic (exact) mass is 462 g/mol. The van der Waals surface area contributed by atoms with Crippen LogP contribution < -0.4 is 0 Å². The van der Waals surface area contributed by atoms with Crippen molar-refractivity contribution in [1.82, 2.24) is 0 Å². The van der Waals surface area contributed by atoms with Crippen molar-refractivity contribution in [2.45, 2.75) is 12.0 Å². The summed E-state index contributed by atoms with van der Waals surface area (Å²) in [4.78, 5) is 0. The molecule has 0 N–H and O–H groups in total. The molecule has 146 valence electrons. The van der Waals surface area contributed by atoms with Crippen molar-refractivity contribution in [3.05, 3.63) is 107 Å². The van der Waals surface area contributed by atoms with Gasteiger partial charge in [0.25, 0.3) is 0 Å². The highest BCUT2D eigenvalue weighted by Crippen LogP contribution is 2.49. The summed E-state index contributed by atoms with van der Waals surface area (Å²) < 4.78 is 0. The van der Waals surface area contributed by atoms with Crippen LogP contribution in [-0.2, 0) is 6.42 Å². The molecule has 1 aliphatic rings. The molecule has 0 aliphatic heterocycles. The van der Waals surface area contributed by atoms with Gasteiger partial charge >= 0.3 is 6.00 Å². The van der Waals surface area contributed by atoms with Crippen LogP contribution in [0.3, 0.4) is 0 Å². The third-order valence-corrected chi connectivity index (χ3v) is 9.58.